The lowest BCUT2D eigenvalue weighted by molar-refractivity contribution is 0.0358. The van der Waals surface area contributed by atoms with Crippen LogP contribution in [0.4, 0.5) is 0 Å². The first kappa shape index (κ1) is 50.5. The summed E-state index contributed by atoms with van der Waals surface area (Å²) in [5.74, 6) is 7.25. The van der Waals surface area contributed by atoms with Crippen molar-refractivity contribution in [2.24, 2.45) is 0 Å². The van der Waals surface area contributed by atoms with E-state index in [1.165, 1.54) is 22.3 Å². The molecule has 13 heteroatoms. The molecule has 5 aromatic carbocycles. The molecule has 5 aromatic rings. The normalized spacial score (nSPS) is 17.9. The van der Waals surface area contributed by atoms with Crippen LogP contribution in [0.3, 0.4) is 0 Å². The molecule has 1 fully saturated rings. The quantitative estimate of drug-likeness (QED) is 0.105. The van der Waals surface area contributed by atoms with Crippen LogP contribution in [-0.2, 0) is 30.4 Å². The first-order chi connectivity index (χ1) is 32.8. The van der Waals surface area contributed by atoms with Crippen molar-refractivity contribution in [1.29, 1.82) is 0 Å². The first-order valence-corrected chi connectivity index (χ1v) is 23.9. The summed E-state index contributed by atoms with van der Waals surface area (Å²) in [6.45, 7) is 10.5. The van der Waals surface area contributed by atoms with Crippen molar-refractivity contribution in [1.82, 2.24) is 14.7 Å². The lowest BCUT2D eigenvalue weighted by atomic mass is 9.87. The molecule has 68 heavy (non-hydrogen) atoms. The minimum atomic E-state index is 0. The second-order valence-corrected chi connectivity index (χ2v) is 17.8. The highest BCUT2D eigenvalue weighted by atomic mass is 35.5. The van der Waals surface area contributed by atoms with E-state index in [4.69, 9.17) is 42.6 Å². The van der Waals surface area contributed by atoms with Gasteiger partial charge in [-0.15, -0.1) is 12.4 Å². The van der Waals surface area contributed by atoms with Crippen molar-refractivity contribution in [3.63, 3.8) is 0 Å². The summed E-state index contributed by atoms with van der Waals surface area (Å²) in [5.41, 5.74) is 7.15. The van der Waals surface area contributed by atoms with Gasteiger partial charge in [0.05, 0.1) is 54.9 Å². The molecule has 5 heterocycles. The Hall–Kier alpha value is -5.37. The van der Waals surface area contributed by atoms with Gasteiger partial charge in [-0.3, -0.25) is 14.7 Å². The average molecular weight is 953 g/mol. The summed E-state index contributed by atoms with van der Waals surface area (Å²) < 4.78 is 53.8. The lowest BCUT2D eigenvalue weighted by Gasteiger charge is -2.37. The van der Waals surface area contributed by atoms with Gasteiger partial charge in [-0.2, -0.15) is 0 Å². The summed E-state index contributed by atoms with van der Waals surface area (Å²) in [7, 11) is 11.1. The van der Waals surface area contributed by atoms with Crippen molar-refractivity contribution in [3.8, 4) is 57.5 Å². The van der Waals surface area contributed by atoms with Crippen molar-refractivity contribution in [2.45, 2.75) is 64.0 Å². The summed E-state index contributed by atoms with van der Waals surface area (Å²) >= 11 is 0. The molecule has 5 aliphatic rings. The van der Waals surface area contributed by atoms with Crippen LogP contribution in [0.2, 0.25) is 0 Å². The molecule has 6 bridgehead atoms. The second kappa shape index (κ2) is 24.3. The van der Waals surface area contributed by atoms with Crippen molar-refractivity contribution in [3.05, 3.63) is 118 Å². The number of likely N-dealkylation sites (N-methyl/N-ethyl adjacent to an activating group) is 2. The number of halogens is 1. The van der Waals surface area contributed by atoms with Gasteiger partial charge in [0.1, 0.15) is 17.2 Å². The second-order valence-electron chi connectivity index (χ2n) is 17.8. The fraction of sp³-hybridized carbons (Fsp3) is 0.455. The number of rotatable bonds is 13. The van der Waals surface area contributed by atoms with Gasteiger partial charge in [0.15, 0.2) is 34.5 Å². The SMILES string of the molecule is CCCCOc1ccc(OCCCN2CCOCC2)cc1.COc1ccc2cc1Oc1ccc(cc1)CC1c3cc(c(OC)cc3CCN1C)Oc1c(OC)c(OC)cc3c1C(C2)N(C)CC3.Cl. The van der Waals surface area contributed by atoms with E-state index in [0.29, 0.717) is 40.2 Å². The molecule has 0 aromatic heterocycles. The Morgan fingerprint density at radius 1 is 0.588 bits per heavy atom. The Morgan fingerprint density at radius 3 is 1.85 bits per heavy atom. The highest BCUT2D eigenvalue weighted by molar-refractivity contribution is 5.85. The predicted octanol–water partition coefficient (Wildman–Crippen LogP) is 10.6. The molecule has 0 saturated carbocycles. The third kappa shape index (κ3) is 12.1. The lowest BCUT2D eigenvalue weighted by Crippen LogP contribution is -2.37. The van der Waals surface area contributed by atoms with Gasteiger partial charge in [0, 0.05) is 50.4 Å². The van der Waals surface area contributed by atoms with E-state index in [9.17, 15) is 0 Å². The molecule has 0 N–H and O–H groups in total. The van der Waals surface area contributed by atoms with Crippen LogP contribution >= 0.6 is 12.4 Å². The number of fused-ring (bicyclic) bond motifs is 2. The van der Waals surface area contributed by atoms with Gasteiger partial charge in [-0.1, -0.05) is 31.5 Å². The molecular weight excluding hydrogens is 882 g/mol. The Balaban J connectivity index is 0.000000262. The van der Waals surface area contributed by atoms with E-state index in [-0.39, 0.29) is 24.5 Å². The molecule has 10 rings (SSSR count). The van der Waals surface area contributed by atoms with E-state index in [1.54, 1.807) is 28.4 Å². The van der Waals surface area contributed by atoms with Crippen LogP contribution in [0.15, 0.2) is 84.9 Å². The molecule has 366 valence electrons. The fourth-order valence-electron chi connectivity index (χ4n) is 9.54. The van der Waals surface area contributed by atoms with Gasteiger partial charge in [-0.05, 0) is 147 Å². The zero-order valence-corrected chi connectivity index (χ0v) is 41.8. The Labute approximate surface area is 409 Å². The zero-order valence-electron chi connectivity index (χ0n) is 41.0. The predicted molar refractivity (Wildman–Crippen MR) is 269 cm³/mol. The van der Waals surface area contributed by atoms with E-state index >= 15 is 0 Å². The first-order valence-electron chi connectivity index (χ1n) is 23.9. The maximum absolute atomic E-state index is 7.03. The maximum atomic E-state index is 7.03. The molecule has 2 unspecified atom stereocenters. The van der Waals surface area contributed by atoms with Gasteiger partial charge in [0.2, 0.25) is 5.75 Å². The van der Waals surface area contributed by atoms with Crippen molar-refractivity contribution >= 4 is 12.4 Å². The molecule has 0 spiro atoms. The molecule has 0 radical (unpaired) electrons. The maximum Gasteiger partial charge on any atom is 0.204 e. The summed E-state index contributed by atoms with van der Waals surface area (Å²) in [4.78, 5) is 7.24. The summed E-state index contributed by atoms with van der Waals surface area (Å²) in [6, 6.07) is 29.1. The number of unbranched alkanes of at least 4 members (excludes halogenated alkanes) is 1. The van der Waals surface area contributed by atoms with Gasteiger partial charge >= 0.3 is 0 Å². The topological polar surface area (TPSA) is 92.8 Å². The van der Waals surface area contributed by atoms with Crippen LogP contribution in [0.1, 0.15) is 71.7 Å². The highest BCUT2D eigenvalue weighted by Gasteiger charge is 2.35. The zero-order chi connectivity index (χ0) is 46.7. The molecule has 1 saturated heterocycles. The third-order valence-corrected chi connectivity index (χ3v) is 13.4. The third-order valence-electron chi connectivity index (χ3n) is 13.4. The van der Waals surface area contributed by atoms with Crippen molar-refractivity contribution < 1.29 is 42.6 Å². The fourth-order valence-corrected chi connectivity index (χ4v) is 9.54. The number of methoxy groups -OCH3 is 4. The number of nitrogens with zero attached hydrogens (tertiary/aromatic N) is 3. The number of morpholine rings is 1. The van der Waals surface area contributed by atoms with Crippen LogP contribution in [0.5, 0.6) is 57.5 Å². The van der Waals surface area contributed by atoms with E-state index in [2.05, 4.69) is 78.2 Å². The Kier molecular flexibility index (Phi) is 18.0. The van der Waals surface area contributed by atoms with E-state index < -0.39 is 0 Å². The molecule has 5 aliphatic heterocycles. The number of hydrogen-bond donors (Lipinski definition) is 0. The van der Waals surface area contributed by atoms with E-state index in [0.717, 1.165) is 132 Å². The van der Waals surface area contributed by atoms with Crippen LogP contribution in [-0.4, -0.2) is 116 Å². The molecule has 0 amide bonds. The molecule has 0 aliphatic carbocycles. The largest absolute Gasteiger partial charge is 0.494 e. The molecule has 2 atom stereocenters. The number of ether oxygens (including phenoxy) is 9. The average Bonchev–Trinajstić information content (AvgIpc) is 3.35. The van der Waals surface area contributed by atoms with E-state index in [1.807, 2.05) is 42.5 Å². The van der Waals surface area contributed by atoms with Gasteiger partial charge in [0.25, 0.3) is 0 Å². The van der Waals surface area contributed by atoms with Crippen molar-refractivity contribution in [2.75, 3.05) is 102 Å². The number of benzene rings is 5. The van der Waals surface area contributed by atoms with Gasteiger partial charge in [-0.25, -0.2) is 0 Å². The van der Waals surface area contributed by atoms with Crippen LogP contribution < -0.4 is 37.9 Å². The Morgan fingerprint density at radius 2 is 1.19 bits per heavy atom. The standard InChI is InChI=1S/C38H42N2O6.C17H27NO3.ClH/c1-39-15-13-25-20-32(42-4)34-22-28(25)29(39)17-23-7-10-27(11-8-23)45-33-19-24(9-12-31(33)41-3)18-30-36-26(14-16-40(30)2)21-35(43-5)37(44-6)38(36)46-34;1-2-3-12-20-16-5-7-17(8-6-16)21-13-4-9-18-10-14-19-15-11-18;/h7-12,19-22,29-30H,13-18H2,1-6H3;5-8H,2-4,9-15H2,1H3;1H. The summed E-state index contributed by atoms with van der Waals surface area (Å²) in [6.07, 6.45) is 6.68. The van der Waals surface area contributed by atoms with Crippen LogP contribution in [0.25, 0.3) is 0 Å². The van der Waals surface area contributed by atoms with Gasteiger partial charge < -0.3 is 42.6 Å². The minimum Gasteiger partial charge on any atom is -0.494 e. The number of hydrogen-bond acceptors (Lipinski definition) is 12. The highest BCUT2D eigenvalue weighted by Crippen LogP contribution is 2.52. The smallest absolute Gasteiger partial charge is 0.204 e. The molecule has 12 nitrogen and oxygen atoms in total. The summed E-state index contributed by atoms with van der Waals surface area (Å²) in [5, 5.41) is 0. The Bertz CT molecular complexity index is 2390. The minimum absolute atomic E-state index is 0. The van der Waals surface area contributed by atoms with Crippen LogP contribution in [0, 0.1) is 0 Å². The monoisotopic (exact) mass is 951 g/mol. The molecular formula is C55H70ClN3O9.